The number of hydrogen-bond donors (Lipinski definition) is 1. The second kappa shape index (κ2) is 8.61. The summed E-state index contributed by atoms with van der Waals surface area (Å²) in [6, 6.07) is 12.9. The summed E-state index contributed by atoms with van der Waals surface area (Å²) in [5.41, 5.74) is 2.65. The van der Waals surface area contributed by atoms with Gasteiger partial charge in [-0.2, -0.15) is 5.10 Å². The number of nitrogens with zero attached hydrogens (tertiary/aromatic N) is 4. The fourth-order valence-corrected chi connectivity index (χ4v) is 2.25. The van der Waals surface area contributed by atoms with Gasteiger partial charge in [-0.15, -0.1) is 10.2 Å². The van der Waals surface area contributed by atoms with Crippen LogP contribution in [0.5, 0.6) is 11.5 Å². The second-order valence-electron chi connectivity index (χ2n) is 5.70. The molecular weight excluding hydrogens is 346 g/mol. The number of carbonyl (C=O) groups is 1. The Bertz CT molecular complexity index is 921. The number of anilines is 1. The predicted octanol–water partition coefficient (Wildman–Crippen LogP) is 2.49. The Kier molecular flexibility index (Phi) is 5.78. The topological polar surface area (TPSA) is 90.6 Å². The molecular formula is C19H19N5O3. The molecule has 8 heteroatoms. The highest BCUT2D eigenvalue weighted by Gasteiger charge is 2.09. The molecule has 0 saturated carbocycles. The van der Waals surface area contributed by atoms with Crippen molar-refractivity contribution in [3.05, 3.63) is 66.2 Å². The van der Waals surface area contributed by atoms with Gasteiger partial charge in [-0.3, -0.25) is 4.79 Å². The summed E-state index contributed by atoms with van der Waals surface area (Å²) < 4.78 is 12.4. The van der Waals surface area contributed by atoms with Crippen LogP contribution in [-0.2, 0) is 4.79 Å². The second-order valence-corrected chi connectivity index (χ2v) is 5.70. The number of aromatic nitrogens is 3. The van der Waals surface area contributed by atoms with Crippen molar-refractivity contribution in [2.75, 3.05) is 19.0 Å². The summed E-state index contributed by atoms with van der Waals surface area (Å²) in [6.45, 7) is 1.86. The number of amides is 1. The van der Waals surface area contributed by atoms with Crippen molar-refractivity contribution in [3.63, 3.8) is 0 Å². The Morgan fingerprint density at radius 3 is 2.59 bits per heavy atom. The molecule has 0 saturated heterocycles. The van der Waals surface area contributed by atoms with Crippen LogP contribution in [0.15, 0.2) is 60.2 Å². The van der Waals surface area contributed by atoms with E-state index < -0.39 is 0 Å². The van der Waals surface area contributed by atoms with Crippen molar-refractivity contribution in [2.24, 2.45) is 5.10 Å². The Hall–Kier alpha value is -3.68. The Labute approximate surface area is 156 Å². The zero-order valence-electron chi connectivity index (χ0n) is 15.0. The van der Waals surface area contributed by atoms with Gasteiger partial charge in [-0.25, -0.2) is 4.68 Å². The van der Waals surface area contributed by atoms with E-state index in [1.54, 1.807) is 18.3 Å². The van der Waals surface area contributed by atoms with Crippen molar-refractivity contribution >= 4 is 17.8 Å². The maximum Gasteiger partial charge on any atom is 0.262 e. The van der Waals surface area contributed by atoms with Crippen molar-refractivity contribution in [1.82, 2.24) is 14.9 Å². The molecule has 0 atom stereocenters. The van der Waals surface area contributed by atoms with Crippen molar-refractivity contribution in [2.45, 2.75) is 6.92 Å². The summed E-state index contributed by atoms with van der Waals surface area (Å²) in [5.74, 6) is 0.725. The highest BCUT2D eigenvalue weighted by Crippen LogP contribution is 2.27. The molecule has 0 spiro atoms. The van der Waals surface area contributed by atoms with E-state index >= 15 is 0 Å². The third-order valence-electron chi connectivity index (χ3n) is 3.63. The summed E-state index contributed by atoms with van der Waals surface area (Å²) in [5, 5.41) is 14.3. The standard InChI is InChI=1S/C19H19N5O3/c1-14-3-6-16(7-4-14)23-19(25)11-27-17-8-5-15(9-18(17)26-2)10-22-24-12-20-21-13-24/h3-10,12-13H,11H2,1-2H3,(H,23,25). The van der Waals surface area contributed by atoms with E-state index in [2.05, 4.69) is 20.6 Å². The lowest BCUT2D eigenvalue weighted by atomic mass is 10.2. The van der Waals surface area contributed by atoms with E-state index in [1.165, 1.54) is 24.4 Å². The van der Waals surface area contributed by atoms with Gasteiger partial charge < -0.3 is 14.8 Å². The van der Waals surface area contributed by atoms with Gasteiger partial charge in [-0.1, -0.05) is 17.7 Å². The van der Waals surface area contributed by atoms with Crippen LogP contribution in [0.25, 0.3) is 0 Å². The highest BCUT2D eigenvalue weighted by atomic mass is 16.5. The first-order chi connectivity index (χ1) is 13.1. The number of methoxy groups -OCH3 is 1. The van der Waals surface area contributed by atoms with Gasteiger partial charge in [0.2, 0.25) is 0 Å². The van der Waals surface area contributed by atoms with Crippen LogP contribution >= 0.6 is 0 Å². The van der Waals surface area contributed by atoms with Gasteiger partial charge in [0.15, 0.2) is 18.1 Å². The molecule has 1 N–H and O–H groups in total. The van der Waals surface area contributed by atoms with E-state index in [9.17, 15) is 4.79 Å². The minimum Gasteiger partial charge on any atom is -0.493 e. The lowest BCUT2D eigenvalue weighted by Gasteiger charge is -2.11. The van der Waals surface area contributed by atoms with Crippen LogP contribution in [-0.4, -0.2) is 40.7 Å². The number of carbonyl (C=O) groups excluding carboxylic acids is 1. The molecule has 0 fully saturated rings. The third kappa shape index (κ3) is 5.15. The van der Waals surface area contributed by atoms with Crippen LogP contribution in [0.3, 0.4) is 0 Å². The molecule has 1 aromatic heterocycles. The minimum absolute atomic E-state index is 0.127. The number of nitrogens with one attached hydrogen (secondary N) is 1. The summed E-state index contributed by atoms with van der Waals surface area (Å²) in [7, 11) is 1.54. The van der Waals surface area contributed by atoms with Crippen LogP contribution in [0.4, 0.5) is 5.69 Å². The summed E-state index contributed by atoms with van der Waals surface area (Å²) >= 11 is 0. The van der Waals surface area contributed by atoms with Gasteiger partial charge in [0, 0.05) is 5.69 Å². The largest absolute Gasteiger partial charge is 0.493 e. The predicted molar refractivity (Wildman–Crippen MR) is 101 cm³/mol. The highest BCUT2D eigenvalue weighted by molar-refractivity contribution is 5.92. The van der Waals surface area contributed by atoms with E-state index in [-0.39, 0.29) is 12.5 Å². The quantitative estimate of drug-likeness (QED) is 0.650. The average Bonchev–Trinajstić information content (AvgIpc) is 3.20. The molecule has 3 rings (SSSR count). The van der Waals surface area contributed by atoms with Gasteiger partial charge in [-0.05, 0) is 42.8 Å². The molecule has 0 radical (unpaired) electrons. The van der Waals surface area contributed by atoms with E-state index in [4.69, 9.17) is 9.47 Å². The van der Waals surface area contributed by atoms with Gasteiger partial charge >= 0.3 is 0 Å². The van der Waals surface area contributed by atoms with E-state index in [1.807, 2.05) is 37.3 Å². The molecule has 0 aliphatic heterocycles. The zero-order chi connectivity index (χ0) is 19.1. The number of rotatable bonds is 7. The molecule has 0 unspecified atom stereocenters. The fourth-order valence-electron chi connectivity index (χ4n) is 2.25. The molecule has 1 amide bonds. The number of ether oxygens (including phenoxy) is 2. The first-order valence-electron chi connectivity index (χ1n) is 8.20. The van der Waals surface area contributed by atoms with Gasteiger partial charge in [0.1, 0.15) is 12.7 Å². The van der Waals surface area contributed by atoms with E-state index in [0.717, 1.165) is 16.8 Å². The maximum absolute atomic E-state index is 12.1. The Morgan fingerprint density at radius 2 is 1.89 bits per heavy atom. The van der Waals surface area contributed by atoms with Gasteiger partial charge in [0.05, 0.1) is 13.3 Å². The first kappa shape index (κ1) is 18.1. The molecule has 2 aromatic carbocycles. The summed E-state index contributed by atoms with van der Waals surface area (Å²) in [6.07, 6.45) is 4.61. The normalized spacial score (nSPS) is 10.7. The zero-order valence-corrected chi connectivity index (χ0v) is 15.0. The molecule has 0 aliphatic rings. The van der Waals surface area contributed by atoms with Crippen LogP contribution < -0.4 is 14.8 Å². The molecule has 8 nitrogen and oxygen atoms in total. The average molecular weight is 365 g/mol. The first-order valence-corrected chi connectivity index (χ1v) is 8.20. The van der Waals surface area contributed by atoms with Gasteiger partial charge in [0.25, 0.3) is 5.91 Å². The number of aryl methyl sites for hydroxylation is 1. The van der Waals surface area contributed by atoms with Crippen molar-refractivity contribution in [1.29, 1.82) is 0 Å². The van der Waals surface area contributed by atoms with Crippen LogP contribution in [0.1, 0.15) is 11.1 Å². The lowest BCUT2D eigenvalue weighted by molar-refractivity contribution is -0.118. The Balaban J connectivity index is 1.60. The fraction of sp³-hybridized carbons (Fsp3) is 0.158. The molecule has 1 heterocycles. The molecule has 138 valence electrons. The Morgan fingerprint density at radius 1 is 1.15 bits per heavy atom. The van der Waals surface area contributed by atoms with Crippen LogP contribution in [0, 0.1) is 6.92 Å². The molecule has 0 aliphatic carbocycles. The summed E-state index contributed by atoms with van der Waals surface area (Å²) in [4.78, 5) is 12.1. The maximum atomic E-state index is 12.1. The monoisotopic (exact) mass is 365 g/mol. The van der Waals surface area contributed by atoms with E-state index in [0.29, 0.717) is 11.5 Å². The molecule has 27 heavy (non-hydrogen) atoms. The number of hydrogen-bond acceptors (Lipinski definition) is 6. The molecule has 0 bridgehead atoms. The number of benzene rings is 2. The van der Waals surface area contributed by atoms with Crippen molar-refractivity contribution in [3.8, 4) is 11.5 Å². The SMILES string of the molecule is COc1cc(C=Nn2cnnc2)ccc1OCC(=O)Nc1ccc(C)cc1. The van der Waals surface area contributed by atoms with Crippen LogP contribution in [0.2, 0.25) is 0 Å². The lowest BCUT2D eigenvalue weighted by Crippen LogP contribution is -2.20. The smallest absolute Gasteiger partial charge is 0.262 e. The minimum atomic E-state index is -0.251. The van der Waals surface area contributed by atoms with Crippen molar-refractivity contribution < 1.29 is 14.3 Å². The molecule has 3 aromatic rings. The third-order valence-corrected chi connectivity index (χ3v) is 3.63.